The average molecular weight is 786 g/mol. The Morgan fingerprint density at radius 2 is 0.811 bits per heavy atom. The summed E-state index contributed by atoms with van der Waals surface area (Å²) < 4.78 is 7.33. The molecule has 0 bridgehead atoms. The van der Waals surface area contributed by atoms with Gasteiger partial charge >= 0.3 is 12.0 Å². The number of alkyl halides is 6. The Hall–Kier alpha value is 1.95. The van der Waals surface area contributed by atoms with Crippen molar-refractivity contribution >= 4 is 148 Å². The molecule has 0 spiro atoms. The molecule has 208 valence electrons. The van der Waals surface area contributed by atoms with E-state index in [0.717, 1.165) is 0 Å². The first-order valence-corrected chi connectivity index (χ1v) is 23.4. The van der Waals surface area contributed by atoms with E-state index in [4.69, 9.17) is 146 Å². The first-order valence-electron chi connectivity index (χ1n) is 10.6. The van der Waals surface area contributed by atoms with Crippen LogP contribution in [0.1, 0.15) is 24.0 Å². The van der Waals surface area contributed by atoms with E-state index in [9.17, 15) is 0 Å². The van der Waals surface area contributed by atoms with E-state index in [0.29, 0.717) is 60.8 Å². The van der Waals surface area contributed by atoms with Crippen LogP contribution in [0.3, 0.4) is 0 Å². The van der Waals surface area contributed by atoms with Crippen LogP contribution in [0.15, 0.2) is 48.5 Å². The second kappa shape index (κ2) is 14.4. The lowest BCUT2D eigenvalue weighted by molar-refractivity contribution is 0.317. The molecule has 0 atom stereocenters. The third kappa shape index (κ3) is 10.6. The zero-order valence-electron chi connectivity index (χ0n) is 18.7. The normalized spacial score (nSPS) is 13.5. The number of ether oxygens (including phenoxy) is 2. The summed E-state index contributed by atoms with van der Waals surface area (Å²) in [5.74, 6) is 1.11. The quantitative estimate of drug-likeness (QED) is 0.0924. The van der Waals surface area contributed by atoms with Crippen molar-refractivity contribution in [2.75, 3.05) is 13.2 Å². The molecule has 0 aromatic heterocycles. The molecule has 0 aliphatic heterocycles. The standard InChI is InChI=1S/C21H20Cl12O2Si2/c22-20(23,24)19(21(25,26)27,15-3-7-17(8-4-15)34-11-1-13-36(28,29)30)16-5-9-18(10-6-16)35-12-2-14-37(31,32)33/h3-10H,1-2,11-14H2. The van der Waals surface area contributed by atoms with E-state index in [1.165, 1.54) is 0 Å². The van der Waals surface area contributed by atoms with E-state index < -0.39 is 25.0 Å². The lowest BCUT2D eigenvalue weighted by atomic mass is 9.76. The van der Waals surface area contributed by atoms with Crippen molar-refractivity contribution in [2.24, 2.45) is 0 Å². The fraction of sp³-hybridized carbons (Fsp3) is 0.429. The Labute approximate surface area is 277 Å². The van der Waals surface area contributed by atoms with E-state index in [-0.39, 0.29) is 0 Å². The number of rotatable bonds is 12. The molecule has 2 rings (SSSR count). The topological polar surface area (TPSA) is 18.5 Å². The maximum atomic E-state index is 6.53. The van der Waals surface area contributed by atoms with Gasteiger partial charge in [-0.2, -0.15) is 0 Å². The molecule has 2 aromatic carbocycles. The molecular formula is C21H20Cl12O2Si2. The van der Waals surface area contributed by atoms with Crippen molar-refractivity contribution in [1.82, 2.24) is 0 Å². The highest BCUT2D eigenvalue weighted by atomic mass is 35.8. The van der Waals surface area contributed by atoms with Gasteiger partial charge in [0.1, 0.15) is 16.9 Å². The molecule has 2 aromatic rings. The van der Waals surface area contributed by atoms with E-state index in [2.05, 4.69) is 0 Å². The monoisotopic (exact) mass is 780 g/mol. The van der Waals surface area contributed by atoms with E-state index in [1.54, 1.807) is 48.5 Å². The number of hydrogen-bond acceptors (Lipinski definition) is 2. The third-order valence-corrected chi connectivity index (χ3v) is 12.1. The lowest BCUT2D eigenvalue weighted by Crippen LogP contribution is -2.51. The smallest absolute Gasteiger partial charge is 0.341 e. The van der Waals surface area contributed by atoms with Crippen molar-refractivity contribution in [3.63, 3.8) is 0 Å². The minimum absolute atomic E-state index is 0.367. The molecule has 0 fully saturated rings. The summed E-state index contributed by atoms with van der Waals surface area (Å²) >= 11 is 74.6. The molecule has 0 saturated heterocycles. The summed E-state index contributed by atoms with van der Waals surface area (Å²) in [4.78, 5) is 0. The van der Waals surface area contributed by atoms with Crippen LogP contribution >= 0.6 is 136 Å². The van der Waals surface area contributed by atoms with E-state index in [1.807, 2.05) is 0 Å². The van der Waals surface area contributed by atoms with Crippen molar-refractivity contribution in [3.8, 4) is 11.5 Å². The van der Waals surface area contributed by atoms with Crippen LogP contribution in [-0.2, 0) is 5.41 Å². The summed E-state index contributed by atoms with van der Waals surface area (Å²) in [5, 5.41) is 0. The summed E-state index contributed by atoms with van der Waals surface area (Å²) in [6.45, 7) is 0.733. The maximum Gasteiger partial charge on any atom is 0.341 e. The summed E-state index contributed by atoms with van der Waals surface area (Å²) in [5.41, 5.74) is -0.821. The zero-order valence-corrected chi connectivity index (χ0v) is 29.8. The average Bonchev–Trinajstić information content (AvgIpc) is 2.73. The van der Waals surface area contributed by atoms with Crippen LogP contribution in [0.2, 0.25) is 12.1 Å². The van der Waals surface area contributed by atoms with Gasteiger partial charge in [0.15, 0.2) is 0 Å². The molecule has 0 N–H and O–H groups in total. The van der Waals surface area contributed by atoms with Gasteiger partial charge in [0.05, 0.1) is 13.2 Å². The number of benzene rings is 2. The number of hydrogen-bond donors (Lipinski definition) is 0. The second-order valence-electron chi connectivity index (χ2n) is 7.93. The molecule has 0 aliphatic rings. The molecule has 2 nitrogen and oxygen atoms in total. The molecular weight excluding hydrogens is 766 g/mol. The molecule has 16 heteroatoms. The van der Waals surface area contributed by atoms with Gasteiger partial charge in [-0.1, -0.05) is 93.9 Å². The molecule has 0 heterocycles. The summed E-state index contributed by atoms with van der Waals surface area (Å²) in [6.07, 6.45) is 1.19. The van der Waals surface area contributed by atoms with Gasteiger partial charge in [0.25, 0.3) is 0 Å². The minimum Gasteiger partial charge on any atom is -0.494 e. The first-order chi connectivity index (χ1) is 16.9. The van der Waals surface area contributed by atoms with Gasteiger partial charge in [-0.15, -0.1) is 66.5 Å². The molecule has 0 saturated carbocycles. The molecule has 0 amide bonds. The summed E-state index contributed by atoms with van der Waals surface area (Å²) in [6, 6.07) is 9.01. The Balaban J connectivity index is 2.31. The van der Waals surface area contributed by atoms with Crippen LogP contribution in [0, 0.1) is 0 Å². The van der Waals surface area contributed by atoms with Crippen LogP contribution in [-0.4, -0.2) is 32.8 Å². The predicted molar refractivity (Wildman–Crippen MR) is 171 cm³/mol. The Morgan fingerprint density at radius 3 is 1.05 bits per heavy atom. The van der Waals surface area contributed by atoms with Crippen molar-refractivity contribution in [2.45, 2.75) is 37.9 Å². The number of halogens is 12. The van der Waals surface area contributed by atoms with Crippen LogP contribution in [0.4, 0.5) is 0 Å². The van der Waals surface area contributed by atoms with Gasteiger partial charge in [-0.3, -0.25) is 0 Å². The molecule has 0 radical (unpaired) electrons. The van der Waals surface area contributed by atoms with Crippen LogP contribution in [0.25, 0.3) is 0 Å². The van der Waals surface area contributed by atoms with Gasteiger partial charge in [-0.05, 0) is 60.3 Å². The molecule has 0 unspecified atom stereocenters. The SMILES string of the molecule is ClC(Cl)(Cl)C(c1ccc(OCCC[Si](Cl)(Cl)Cl)cc1)(c1ccc(OCCC[Si](Cl)(Cl)Cl)cc1)C(Cl)(Cl)Cl. The fourth-order valence-electron chi connectivity index (χ4n) is 3.51. The lowest BCUT2D eigenvalue weighted by Gasteiger charge is -2.45. The highest BCUT2D eigenvalue weighted by molar-refractivity contribution is 7.65. The fourth-order valence-corrected chi connectivity index (χ4v) is 9.60. The molecule has 37 heavy (non-hydrogen) atoms. The zero-order chi connectivity index (χ0) is 28.1. The van der Waals surface area contributed by atoms with Crippen LogP contribution in [0.5, 0.6) is 11.5 Å². The van der Waals surface area contributed by atoms with Crippen LogP contribution < -0.4 is 9.47 Å². The largest absolute Gasteiger partial charge is 0.494 e. The summed E-state index contributed by atoms with van der Waals surface area (Å²) in [7, 11) is 0. The van der Waals surface area contributed by atoms with Crippen molar-refractivity contribution < 1.29 is 9.47 Å². The third-order valence-electron chi connectivity index (χ3n) is 5.17. The van der Waals surface area contributed by atoms with Crippen molar-refractivity contribution in [1.29, 1.82) is 0 Å². The second-order valence-corrected chi connectivity index (χ2v) is 31.0. The molecule has 0 aliphatic carbocycles. The van der Waals surface area contributed by atoms with Gasteiger partial charge in [0, 0.05) is 0 Å². The van der Waals surface area contributed by atoms with Gasteiger partial charge < -0.3 is 9.47 Å². The highest BCUT2D eigenvalue weighted by Gasteiger charge is 2.63. The van der Waals surface area contributed by atoms with E-state index >= 15 is 0 Å². The first kappa shape index (κ1) is 35.2. The van der Waals surface area contributed by atoms with Gasteiger partial charge in [0.2, 0.25) is 7.59 Å². The Bertz CT molecular complexity index is 900. The Kier molecular flexibility index (Phi) is 13.7. The predicted octanol–water partition coefficient (Wildman–Crippen LogP) is 11.6. The minimum atomic E-state index is -2.70. The van der Waals surface area contributed by atoms with Crippen molar-refractivity contribution in [3.05, 3.63) is 59.7 Å². The Morgan fingerprint density at radius 1 is 0.514 bits per heavy atom. The maximum absolute atomic E-state index is 6.53. The highest BCUT2D eigenvalue weighted by Crippen LogP contribution is 2.62. The van der Waals surface area contributed by atoms with Gasteiger partial charge in [-0.25, -0.2) is 0 Å².